The largest absolute Gasteiger partial charge is 0.328 e. The molecular weight excluding hydrogens is 190 g/mol. The second kappa shape index (κ2) is 3.20. The number of rotatable bonds is 1. The molecule has 0 aromatic carbocycles. The average Bonchev–Trinajstić information content (AvgIpc) is 2.60. The van der Waals surface area contributed by atoms with Crippen LogP contribution in [0.4, 0.5) is 0 Å². The lowest BCUT2D eigenvalue weighted by atomic mass is 10.2. The van der Waals surface area contributed by atoms with E-state index in [0.717, 1.165) is 19.3 Å². The molecule has 0 bridgehead atoms. The van der Waals surface area contributed by atoms with Crippen LogP contribution in [0.2, 0.25) is 5.15 Å². The zero-order valence-electron chi connectivity index (χ0n) is 7.16. The number of aromatic nitrogens is 2. The highest BCUT2D eigenvalue weighted by Gasteiger charge is 2.25. The van der Waals surface area contributed by atoms with Crippen molar-refractivity contribution in [1.29, 1.82) is 0 Å². The fraction of sp³-hybridized carbons (Fsp3) is 0.625. The van der Waals surface area contributed by atoms with Crippen molar-refractivity contribution >= 4 is 11.6 Å². The number of aromatic amines is 1. The Kier molecular flexibility index (Phi) is 2.17. The van der Waals surface area contributed by atoms with Crippen molar-refractivity contribution in [1.82, 2.24) is 9.55 Å². The second-order valence-electron chi connectivity index (χ2n) is 3.51. The first-order valence-corrected chi connectivity index (χ1v) is 4.77. The predicted octanol–water partition coefficient (Wildman–Crippen LogP) is 0.882. The molecule has 1 aliphatic carbocycles. The van der Waals surface area contributed by atoms with Crippen molar-refractivity contribution < 1.29 is 0 Å². The Balaban J connectivity index is 2.30. The topological polar surface area (TPSA) is 63.8 Å². The first-order chi connectivity index (χ1) is 6.18. The second-order valence-corrected chi connectivity index (χ2v) is 3.90. The van der Waals surface area contributed by atoms with Crippen molar-refractivity contribution in [2.75, 3.05) is 0 Å². The van der Waals surface area contributed by atoms with Gasteiger partial charge >= 0.3 is 5.69 Å². The van der Waals surface area contributed by atoms with E-state index in [4.69, 9.17) is 17.3 Å². The van der Waals surface area contributed by atoms with Crippen molar-refractivity contribution in [3.05, 3.63) is 21.8 Å². The Morgan fingerprint density at radius 3 is 2.85 bits per heavy atom. The Bertz CT molecular complexity index is 357. The van der Waals surface area contributed by atoms with Crippen LogP contribution < -0.4 is 11.4 Å². The molecule has 3 N–H and O–H groups in total. The quantitative estimate of drug-likeness (QED) is 0.709. The molecule has 2 rings (SSSR count). The summed E-state index contributed by atoms with van der Waals surface area (Å²) in [5.74, 6) is 0. The normalized spacial score (nSPS) is 28.2. The van der Waals surface area contributed by atoms with Crippen LogP contribution in [0.15, 0.2) is 11.0 Å². The van der Waals surface area contributed by atoms with Crippen LogP contribution in [0.1, 0.15) is 25.3 Å². The number of hydrogen-bond acceptors (Lipinski definition) is 2. The van der Waals surface area contributed by atoms with Crippen LogP contribution in [-0.2, 0) is 0 Å². The van der Waals surface area contributed by atoms with Gasteiger partial charge in [0.05, 0.1) is 0 Å². The van der Waals surface area contributed by atoms with Gasteiger partial charge in [-0.1, -0.05) is 11.6 Å². The number of nitrogens with two attached hydrogens (primary N) is 1. The van der Waals surface area contributed by atoms with E-state index < -0.39 is 0 Å². The third-order valence-corrected chi connectivity index (χ3v) is 2.87. The molecule has 72 valence electrons. The molecule has 1 aromatic rings. The molecule has 0 aliphatic heterocycles. The molecule has 1 saturated carbocycles. The van der Waals surface area contributed by atoms with Crippen LogP contribution >= 0.6 is 11.6 Å². The van der Waals surface area contributed by atoms with E-state index >= 15 is 0 Å². The molecule has 0 spiro atoms. The van der Waals surface area contributed by atoms with Gasteiger partial charge in [0.25, 0.3) is 0 Å². The Hall–Kier alpha value is -0.740. The molecule has 1 aromatic heterocycles. The lowest BCUT2D eigenvalue weighted by Gasteiger charge is -2.10. The molecule has 2 atom stereocenters. The monoisotopic (exact) mass is 201 g/mol. The zero-order valence-corrected chi connectivity index (χ0v) is 7.92. The number of nitrogens with zero attached hydrogens (tertiary/aromatic N) is 1. The molecule has 0 saturated heterocycles. The fourth-order valence-electron chi connectivity index (χ4n) is 1.92. The summed E-state index contributed by atoms with van der Waals surface area (Å²) in [6.07, 6.45) is 4.28. The molecule has 0 radical (unpaired) electrons. The summed E-state index contributed by atoms with van der Waals surface area (Å²) >= 11 is 5.86. The van der Waals surface area contributed by atoms with E-state index in [-0.39, 0.29) is 17.8 Å². The fourth-order valence-corrected chi connectivity index (χ4v) is 2.19. The van der Waals surface area contributed by atoms with E-state index in [1.54, 1.807) is 4.57 Å². The Morgan fingerprint density at radius 2 is 2.38 bits per heavy atom. The summed E-state index contributed by atoms with van der Waals surface area (Å²) in [5, 5.41) is 0.476. The molecule has 1 aliphatic rings. The lowest BCUT2D eigenvalue weighted by molar-refractivity contribution is 0.497. The summed E-state index contributed by atoms with van der Waals surface area (Å²) in [4.78, 5) is 13.9. The van der Waals surface area contributed by atoms with Crippen molar-refractivity contribution in [3.63, 3.8) is 0 Å². The van der Waals surface area contributed by atoms with Gasteiger partial charge < -0.3 is 10.7 Å². The number of halogens is 1. The van der Waals surface area contributed by atoms with Gasteiger partial charge in [0.15, 0.2) is 0 Å². The van der Waals surface area contributed by atoms with E-state index in [1.165, 1.54) is 6.20 Å². The van der Waals surface area contributed by atoms with E-state index in [1.807, 2.05) is 0 Å². The van der Waals surface area contributed by atoms with Crippen LogP contribution in [-0.4, -0.2) is 15.6 Å². The van der Waals surface area contributed by atoms with Gasteiger partial charge in [-0.05, 0) is 19.3 Å². The maximum atomic E-state index is 11.3. The van der Waals surface area contributed by atoms with Gasteiger partial charge in [-0.3, -0.25) is 4.57 Å². The standard InChI is InChI=1S/C8H12ClN3O/c9-7-4-11-8(13)12(7)6-2-1-5(10)3-6/h4-6H,1-3,10H2,(H,11,13). The summed E-state index contributed by atoms with van der Waals surface area (Å²) in [6.45, 7) is 0. The minimum atomic E-state index is -0.135. The molecule has 1 heterocycles. The van der Waals surface area contributed by atoms with Crippen LogP contribution in [0.5, 0.6) is 0 Å². The summed E-state index contributed by atoms with van der Waals surface area (Å²) in [7, 11) is 0. The number of H-pyrrole nitrogens is 1. The molecule has 4 nitrogen and oxygen atoms in total. The first kappa shape index (κ1) is 8.84. The Morgan fingerprint density at radius 1 is 1.62 bits per heavy atom. The molecule has 5 heteroatoms. The predicted molar refractivity (Wildman–Crippen MR) is 50.9 cm³/mol. The van der Waals surface area contributed by atoms with Crippen molar-refractivity contribution in [3.8, 4) is 0 Å². The highest BCUT2D eigenvalue weighted by atomic mass is 35.5. The van der Waals surface area contributed by atoms with Crippen molar-refractivity contribution in [2.45, 2.75) is 31.3 Å². The van der Waals surface area contributed by atoms with E-state index in [0.29, 0.717) is 5.15 Å². The maximum absolute atomic E-state index is 11.3. The molecule has 2 unspecified atom stereocenters. The van der Waals surface area contributed by atoms with Crippen LogP contribution in [0, 0.1) is 0 Å². The van der Waals surface area contributed by atoms with Gasteiger partial charge in [-0.15, -0.1) is 0 Å². The first-order valence-electron chi connectivity index (χ1n) is 4.39. The van der Waals surface area contributed by atoms with E-state index in [2.05, 4.69) is 4.98 Å². The van der Waals surface area contributed by atoms with Crippen LogP contribution in [0.25, 0.3) is 0 Å². The third kappa shape index (κ3) is 1.51. The number of hydrogen-bond donors (Lipinski definition) is 2. The summed E-state index contributed by atoms with van der Waals surface area (Å²) in [6, 6.07) is 0.393. The number of imidazole rings is 1. The molecular formula is C8H12ClN3O. The molecule has 0 amide bonds. The summed E-state index contributed by atoms with van der Waals surface area (Å²) < 4.78 is 1.59. The maximum Gasteiger partial charge on any atom is 0.326 e. The smallest absolute Gasteiger partial charge is 0.326 e. The lowest BCUT2D eigenvalue weighted by Crippen LogP contribution is -2.22. The van der Waals surface area contributed by atoms with Gasteiger partial charge in [0.1, 0.15) is 5.15 Å². The Labute approximate surface area is 80.7 Å². The zero-order chi connectivity index (χ0) is 9.42. The molecule has 13 heavy (non-hydrogen) atoms. The number of nitrogens with one attached hydrogen (secondary N) is 1. The van der Waals surface area contributed by atoms with Gasteiger partial charge in [0.2, 0.25) is 0 Å². The molecule has 1 fully saturated rings. The highest BCUT2D eigenvalue weighted by molar-refractivity contribution is 6.29. The van der Waals surface area contributed by atoms with Crippen molar-refractivity contribution in [2.24, 2.45) is 5.73 Å². The van der Waals surface area contributed by atoms with Gasteiger partial charge in [-0.2, -0.15) is 0 Å². The third-order valence-electron chi connectivity index (χ3n) is 2.57. The average molecular weight is 202 g/mol. The van der Waals surface area contributed by atoms with E-state index in [9.17, 15) is 4.79 Å². The van der Waals surface area contributed by atoms with Gasteiger partial charge in [-0.25, -0.2) is 4.79 Å². The summed E-state index contributed by atoms with van der Waals surface area (Å²) in [5.41, 5.74) is 5.63. The highest BCUT2D eigenvalue weighted by Crippen LogP contribution is 2.29. The SMILES string of the molecule is NC1CCC(n2c(Cl)c[nH]c2=O)C1. The minimum Gasteiger partial charge on any atom is -0.328 e. The van der Waals surface area contributed by atoms with Crippen LogP contribution in [0.3, 0.4) is 0 Å². The van der Waals surface area contributed by atoms with Gasteiger partial charge in [0, 0.05) is 18.3 Å². The minimum absolute atomic E-state index is 0.135.